The Kier molecular flexibility index (Phi) is 4.15. The van der Waals surface area contributed by atoms with Gasteiger partial charge in [0.25, 0.3) is 5.91 Å². The van der Waals surface area contributed by atoms with E-state index >= 15 is 0 Å². The zero-order chi connectivity index (χ0) is 15.9. The summed E-state index contributed by atoms with van der Waals surface area (Å²) in [7, 11) is 0. The van der Waals surface area contributed by atoms with Crippen molar-refractivity contribution in [1.82, 2.24) is 14.8 Å². The number of ether oxygens (including phenoxy) is 1. The first-order chi connectivity index (χ1) is 11.2. The molecule has 0 unspecified atom stereocenters. The highest BCUT2D eigenvalue weighted by atomic mass is 32.1. The van der Waals surface area contributed by atoms with Gasteiger partial charge in [0, 0.05) is 49.4 Å². The Bertz CT molecular complexity index is 584. The normalized spacial score (nSPS) is 31.5. The number of amides is 1. The molecule has 1 aromatic rings. The zero-order valence-corrected chi connectivity index (χ0v) is 14.6. The number of likely N-dealkylation sites (tertiary alicyclic amines) is 2. The SMILES string of the molecule is Cc1ncc(CN2CC[C@@]23CCCN(C(=O)[C@H]2CCCO2)C3)s1. The molecule has 126 valence electrons. The van der Waals surface area contributed by atoms with E-state index in [1.54, 1.807) is 11.3 Å². The van der Waals surface area contributed by atoms with Gasteiger partial charge < -0.3 is 9.64 Å². The Morgan fingerprint density at radius 2 is 2.35 bits per heavy atom. The fourth-order valence-electron chi connectivity index (χ4n) is 4.24. The summed E-state index contributed by atoms with van der Waals surface area (Å²) in [6, 6.07) is 0. The Balaban J connectivity index is 1.42. The molecule has 1 spiro atoms. The van der Waals surface area contributed by atoms with Crippen molar-refractivity contribution in [3.63, 3.8) is 0 Å². The first-order valence-electron chi connectivity index (χ1n) is 8.73. The van der Waals surface area contributed by atoms with Crippen molar-refractivity contribution in [1.29, 1.82) is 0 Å². The van der Waals surface area contributed by atoms with Crippen LogP contribution >= 0.6 is 11.3 Å². The predicted molar refractivity (Wildman–Crippen MR) is 89.4 cm³/mol. The molecule has 0 N–H and O–H groups in total. The summed E-state index contributed by atoms with van der Waals surface area (Å²) in [6.07, 6.45) is 7.27. The number of rotatable bonds is 3. The lowest BCUT2D eigenvalue weighted by Gasteiger charge is -2.57. The van der Waals surface area contributed by atoms with Gasteiger partial charge in [-0.05, 0) is 39.0 Å². The summed E-state index contributed by atoms with van der Waals surface area (Å²) < 4.78 is 5.60. The lowest BCUT2D eigenvalue weighted by Crippen LogP contribution is -2.67. The number of hydrogen-bond acceptors (Lipinski definition) is 5. The van der Waals surface area contributed by atoms with Gasteiger partial charge >= 0.3 is 0 Å². The first kappa shape index (κ1) is 15.5. The fourth-order valence-corrected chi connectivity index (χ4v) is 5.05. The molecule has 1 amide bonds. The second kappa shape index (κ2) is 6.15. The van der Waals surface area contributed by atoms with Gasteiger partial charge in [0.2, 0.25) is 0 Å². The maximum absolute atomic E-state index is 12.7. The number of aryl methyl sites for hydroxylation is 1. The molecule has 0 radical (unpaired) electrons. The number of aromatic nitrogens is 1. The maximum atomic E-state index is 12.7. The highest BCUT2D eigenvalue weighted by Crippen LogP contribution is 2.40. The molecule has 4 rings (SSSR count). The van der Waals surface area contributed by atoms with E-state index in [0.29, 0.717) is 0 Å². The van der Waals surface area contributed by atoms with Crippen molar-refractivity contribution < 1.29 is 9.53 Å². The van der Waals surface area contributed by atoms with E-state index in [4.69, 9.17) is 4.74 Å². The predicted octanol–water partition coefficient (Wildman–Crippen LogP) is 2.20. The van der Waals surface area contributed by atoms with Gasteiger partial charge in [-0.1, -0.05) is 0 Å². The summed E-state index contributed by atoms with van der Waals surface area (Å²) in [5.41, 5.74) is 0.199. The molecule has 0 aliphatic carbocycles. The smallest absolute Gasteiger partial charge is 0.251 e. The highest BCUT2D eigenvalue weighted by Gasteiger charge is 2.48. The van der Waals surface area contributed by atoms with Gasteiger partial charge in [0.15, 0.2) is 0 Å². The van der Waals surface area contributed by atoms with E-state index in [0.717, 1.165) is 57.1 Å². The van der Waals surface area contributed by atoms with Gasteiger partial charge in [-0.3, -0.25) is 9.69 Å². The summed E-state index contributed by atoms with van der Waals surface area (Å²) >= 11 is 1.79. The maximum Gasteiger partial charge on any atom is 0.251 e. The average molecular weight is 335 g/mol. The van der Waals surface area contributed by atoms with Gasteiger partial charge in [-0.15, -0.1) is 11.3 Å². The van der Waals surface area contributed by atoms with Crippen molar-refractivity contribution in [2.24, 2.45) is 0 Å². The van der Waals surface area contributed by atoms with Crippen LogP contribution in [0.15, 0.2) is 6.20 Å². The fraction of sp³-hybridized carbons (Fsp3) is 0.765. The minimum absolute atomic E-state index is 0.178. The van der Waals surface area contributed by atoms with Crippen LogP contribution in [0.4, 0.5) is 0 Å². The van der Waals surface area contributed by atoms with Crippen LogP contribution in [-0.4, -0.2) is 58.6 Å². The van der Waals surface area contributed by atoms with Crippen molar-refractivity contribution in [2.45, 2.75) is 57.2 Å². The van der Waals surface area contributed by atoms with E-state index in [1.807, 2.05) is 6.20 Å². The Morgan fingerprint density at radius 1 is 1.43 bits per heavy atom. The van der Waals surface area contributed by atoms with Crippen molar-refractivity contribution in [3.8, 4) is 0 Å². The number of piperidine rings is 1. The molecule has 3 aliphatic rings. The van der Waals surface area contributed by atoms with E-state index in [9.17, 15) is 4.79 Å². The van der Waals surface area contributed by atoms with Gasteiger partial charge in [0.1, 0.15) is 6.10 Å². The largest absolute Gasteiger partial charge is 0.368 e. The van der Waals surface area contributed by atoms with E-state index in [1.165, 1.54) is 17.7 Å². The minimum Gasteiger partial charge on any atom is -0.368 e. The molecule has 6 heteroatoms. The highest BCUT2D eigenvalue weighted by molar-refractivity contribution is 7.11. The number of thiazole rings is 1. The molecule has 3 fully saturated rings. The van der Waals surface area contributed by atoms with Crippen LogP contribution in [-0.2, 0) is 16.1 Å². The van der Waals surface area contributed by atoms with Crippen molar-refractivity contribution >= 4 is 17.2 Å². The van der Waals surface area contributed by atoms with E-state index in [-0.39, 0.29) is 17.6 Å². The van der Waals surface area contributed by atoms with Crippen molar-refractivity contribution in [3.05, 3.63) is 16.1 Å². The zero-order valence-electron chi connectivity index (χ0n) is 13.8. The Morgan fingerprint density at radius 3 is 3.00 bits per heavy atom. The summed E-state index contributed by atoms with van der Waals surface area (Å²) in [5, 5.41) is 1.13. The molecule has 1 aromatic heterocycles. The minimum atomic E-state index is -0.178. The number of nitrogens with zero attached hydrogens (tertiary/aromatic N) is 3. The molecule has 4 heterocycles. The average Bonchev–Trinajstić information content (AvgIpc) is 3.23. The molecule has 3 saturated heterocycles. The standard InChI is InChI=1S/C17H25N3O2S/c1-13-18-10-14(23-13)11-20-8-6-17(20)5-3-7-19(12-17)16(21)15-4-2-9-22-15/h10,15H,2-9,11-12H2,1H3/t15-,17-/m1/s1. The molecule has 0 aromatic carbocycles. The molecule has 2 atom stereocenters. The number of carbonyl (C=O) groups excluding carboxylic acids is 1. The van der Waals surface area contributed by atoms with Crippen LogP contribution in [0.1, 0.15) is 42.0 Å². The molecule has 23 heavy (non-hydrogen) atoms. The molecular weight excluding hydrogens is 310 g/mol. The van der Waals surface area contributed by atoms with Gasteiger partial charge in [-0.2, -0.15) is 0 Å². The second-order valence-corrected chi connectivity index (χ2v) is 8.43. The van der Waals surface area contributed by atoms with E-state index in [2.05, 4.69) is 21.7 Å². The van der Waals surface area contributed by atoms with Crippen LogP contribution in [0.2, 0.25) is 0 Å². The van der Waals surface area contributed by atoms with Gasteiger partial charge in [0.05, 0.1) is 5.01 Å². The van der Waals surface area contributed by atoms with E-state index < -0.39 is 0 Å². The number of hydrogen-bond donors (Lipinski definition) is 0. The first-order valence-corrected chi connectivity index (χ1v) is 9.55. The quantitative estimate of drug-likeness (QED) is 0.849. The third kappa shape index (κ3) is 2.92. The second-order valence-electron chi connectivity index (χ2n) is 7.11. The van der Waals surface area contributed by atoms with Crippen molar-refractivity contribution in [2.75, 3.05) is 26.2 Å². The third-order valence-electron chi connectivity index (χ3n) is 5.61. The topological polar surface area (TPSA) is 45.7 Å². The van der Waals surface area contributed by atoms with Crippen LogP contribution in [0.25, 0.3) is 0 Å². The molecule has 0 bridgehead atoms. The summed E-state index contributed by atoms with van der Waals surface area (Å²) in [4.78, 5) is 23.0. The molecular formula is C17H25N3O2S. The van der Waals surface area contributed by atoms with Crippen LogP contribution in [0, 0.1) is 6.92 Å². The Hall–Kier alpha value is -0.980. The third-order valence-corrected chi connectivity index (χ3v) is 6.50. The number of carbonyl (C=O) groups is 1. The monoisotopic (exact) mass is 335 g/mol. The summed E-state index contributed by atoms with van der Waals surface area (Å²) in [6.45, 7) is 6.69. The Labute approximate surface area is 141 Å². The summed E-state index contributed by atoms with van der Waals surface area (Å²) in [5.74, 6) is 0.224. The van der Waals surface area contributed by atoms with Gasteiger partial charge in [-0.25, -0.2) is 4.98 Å². The molecule has 3 aliphatic heterocycles. The lowest BCUT2D eigenvalue weighted by atomic mass is 9.77. The molecule has 5 nitrogen and oxygen atoms in total. The van der Waals surface area contributed by atoms with Crippen LogP contribution in [0.3, 0.4) is 0 Å². The van der Waals surface area contributed by atoms with Crippen LogP contribution in [0.5, 0.6) is 0 Å². The lowest BCUT2D eigenvalue weighted by molar-refractivity contribution is -0.150. The molecule has 0 saturated carbocycles. The van der Waals surface area contributed by atoms with Crippen LogP contribution < -0.4 is 0 Å².